The van der Waals surface area contributed by atoms with Crippen molar-refractivity contribution >= 4 is 28.8 Å². The number of aromatic nitrogens is 1. The maximum absolute atomic E-state index is 13.4. The van der Waals surface area contributed by atoms with E-state index in [1.54, 1.807) is 0 Å². The van der Waals surface area contributed by atoms with Crippen LogP contribution in [0.15, 0.2) is 30.5 Å². The van der Waals surface area contributed by atoms with E-state index in [2.05, 4.69) is 10.3 Å². The zero-order chi connectivity index (χ0) is 15.6. The van der Waals surface area contributed by atoms with Crippen LogP contribution in [-0.4, -0.2) is 15.9 Å². The van der Waals surface area contributed by atoms with E-state index in [9.17, 15) is 18.0 Å². The van der Waals surface area contributed by atoms with E-state index >= 15 is 0 Å². The molecule has 0 fully saturated rings. The van der Waals surface area contributed by atoms with Gasteiger partial charge < -0.3 is 11.1 Å². The molecule has 0 spiro atoms. The third-order valence-corrected chi connectivity index (χ3v) is 2.77. The molecule has 108 valence electrons. The van der Waals surface area contributed by atoms with Crippen LogP contribution in [0.4, 0.5) is 18.9 Å². The van der Waals surface area contributed by atoms with E-state index in [0.29, 0.717) is 17.7 Å². The maximum Gasteiger partial charge on any atom is 0.274 e. The zero-order valence-corrected chi connectivity index (χ0v) is 11.2. The van der Waals surface area contributed by atoms with E-state index in [4.69, 9.17) is 18.0 Å². The number of benzene rings is 1. The van der Waals surface area contributed by atoms with Gasteiger partial charge in [0.1, 0.15) is 16.5 Å². The number of hydrogen-bond donors (Lipinski definition) is 2. The number of carbonyl (C=O) groups is 1. The SMILES string of the molecule is NC(=S)c1ccc(C(=O)Nc2cc(F)c(F)cc2F)nc1. The standard InChI is InChI=1S/C13H8F3N3OS/c14-7-3-9(16)11(4-8(7)15)19-13(20)10-2-1-6(5-18-10)12(17)21/h1-5H,(H2,17,21)(H,19,20). The lowest BCUT2D eigenvalue weighted by Gasteiger charge is -2.07. The van der Waals surface area contributed by atoms with Crippen molar-refractivity contribution in [3.8, 4) is 0 Å². The second-order valence-corrected chi connectivity index (χ2v) is 4.44. The van der Waals surface area contributed by atoms with Crippen molar-refractivity contribution in [1.82, 2.24) is 4.98 Å². The Bertz CT molecular complexity index is 719. The first-order valence-electron chi connectivity index (χ1n) is 5.60. The summed E-state index contributed by atoms with van der Waals surface area (Å²) < 4.78 is 39.2. The Morgan fingerprint density at radius 3 is 2.38 bits per heavy atom. The second kappa shape index (κ2) is 5.88. The number of nitrogens with zero attached hydrogens (tertiary/aromatic N) is 1. The molecule has 0 saturated carbocycles. The number of nitrogens with one attached hydrogen (secondary N) is 1. The summed E-state index contributed by atoms with van der Waals surface area (Å²) in [5.41, 5.74) is 5.29. The van der Waals surface area contributed by atoms with Gasteiger partial charge in [0.15, 0.2) is 11.6 Å². The van der Waals surface area contributed by atoms with Crippen LogP contribution >= 0.6 is 12.2 Å². The number of anilines is 1. The van der Waals surface area contributed by atoms with Crippen LogP contribution < -0.4 is 11.1 Å². The van der Waals surface area contributed by atoms with Crippen LogP contribution in [0.5, 0.6) is 0 Å². The van der Waals surface area contributed by atoms with E-state index in [1.165, 1.54) is 18.3 Å². The number of rotatable bonds is 3. The average molecular weight is 311 g/mol. The normalized spacial score (nSPS) is 10.2. The first kappa shape index (κ1) is 14.9. The average Bonchev–Trinajstić information content (AvgIpc) is 2.44. The Morgan fingerprint density at radius 2 is 1.81 bits per heavy atom. The number of halogens is 3. The molecule has 0 radical (unpaired) electrons. The minimum Gasteiger partial charge on any atom is -0.389 e. The van der Waals surface area contributed by atoms with Gasteiger partial charge in [0, 0.05) is 23.9 Å². The van der Waals surface area contributed by atoms with Gasteiger partial charge in [-0.05, 0) is 12.1 Å². The summed E-state index contributed by atoms with van der Waals surface area (Å²) in [5.74, 6) is -4.50. The number of hydrogen-bond acceptors (Lipinski definition) is 3. The highest BCUT2D eigenvalue weighted by molar-refractivity contribution is 7.80. The predicted molar refractivity (Wildman–Crippen MR) is 74.4 cm³/mol. The number of thiocarbonyl (C=S) groups is 1. The van der Waals surface area contributed by atoms with Crippen molar-refractivity contribution < 1.29 is 18.0 Å². The molecule has 8 heteroatoms. The summed E-state index contributed by atoms with van der Waals surface area (Å²) in [5, 5.41) is 2.10. The number of carbonyl (C=O) groups excluding carboxylic acids is 1. The predicted octanol–water partition coefficient (Wildman–Crippen LogP) is 2.39. The molecule has 0 saturated heterocycles. The molecule has 21 heavy (non-hydrogen) atoms. The molecule has 1 aromatic carbocycles. The molecule has 0 aliphatic carbocycles. The summed E-state index contributed by atoms with van der Waals surface area (Å²) in [4.78, 5) is 15.7. The lowest BCUT2D eigenvalue weighted by atomic mass is 10.2. The van der Waals surface area contributed by atoms with E-state index in [0.717, 1.165) is 0 Å². The second-order valence-electron chi connectivity index (χ2n) is 4.00. The van der Waals surface area contributed by atoms with Gasteiger partial charge in [-0.3, -0.25) is 9.78 Å². The monoisotopic (exact) mass is 311 g/mol. The number of nitrogens with two attached hydrogens (primary N) is 1. The van der Waals surface area contributed by atoms with E-state index < -0.39 is 29.0 Å². The Balaban J connectivity index is 2.22. The lowest BCUT2D eigenvalue weighted by molar-refractivity contribution is 0.102. The van der Waals surface area contributed by atoms with Gasteiger partial charge in [-0.25, -0.2) is 13.2 Å². The molecule has 4 nitrogen and oxygen atoms in total. The molecular formula is C13H8F3N3OS. The van der Waals surface area contributed by atoms with Crippen LogP contribution in [-0.2, 0) is 0 Å². The minimum absolute atomic E-state index is 0.0564. The Hall–Kier alpha value is -2.48. The summed E-state index contributed by atoms with van der Waals surface area (Å²) in [6.45, 7) is 0. The quantitative estimate of drug-likeness (QED) is 0.674. The molecule has 0 atom stereocenters. The van der Waals surface area contributed by atoms with Gasteiger partial charge in [0.2, 0.25) is 0 Å². The fourth-order valence-corrected chi connectivity index (χ4v) is 1.60. The van der Waals surface area contributed by atoms with Gasteiger partial charge in [-0.2, -0.15) is 0 Å². The molecule has 0 unspecified atom stereocenters. The summed E-state index contributed by atoms with van der Waals surface area (Å²) >= 11 is 4.73. The molecular weight excluding hydrogens is 303 g/mol. The molecule has 1 amide bonds. The van der Waals surface area contributed by atoms with Crippen LogP contribution in [0, 0.1) is 17.5 Å². The van der Waals surface area contributed by atoms with Gasteiger partial charge >= 0.3 is 0 Å². The van der Waals surface area contributed by atoms with Gasteiger partial charge in [0.25, 0.3) is 5.91 Å². The lowest BCUT2D eigenvalue weighted by Crippen LogP contribution is -2.16. The van der Waals surface area contributed by atoms with Gasteiger partial charge in [0.05, 0.1) is 5.69 Å². The third-order valence-electron chi connectivity index (χ3n) is 2.54. The third kappa shape index (κ3) is 3.34. The maximum atomic E-state index is 13.4. The van der Waals surface area contributed by atoms with Crippen molar-refractivity contribution in [3.05, 3.63) is 59.2 Å². The highest BCUT2D eigenvalue weighted by Gasteiger charge is 2.14. The molecule has 0 aliphatic rings. The van der Waals surface area contributed by atoms with Crippen molar-refractivity contribution in [2.75, 3.05) is 5.32 Å². The smallest absolute Gasteiger partial charge is 0.274 e. The van der Waals surface area contributed by atoms with Crippen LogP contribution in [0.2, 0.25) is 0 Å². The Labute approximate surface area is 122 Å². The van der Waals surface area contributed by atoms with Crippen molar-refractivity contribution in [2.45, 2.75) is 0 Å². The highest BCUT2D eigenvalue weighted by atomic mass is 32.1. The van der Waals surface area contributed by atoms with Crippen LogP contribution in [0.25, 0.3) is 0 Å². The Kier molecular flexibility index (Phi) is 4.18. The van der Waals surface area contributed by atoms with Crippen molar-refractivity contribution in [3.63, 3.8) is 0 Å². The summed E-state index contributed by atoms with van der Waals surface area (Å²) in [7, 11) is 0. The molecule has 2 aromatic rings. The molecule has 1 aromatic heterocycles. The van der Waals surface area contributed by atoms with Crippen molar-refractivity contribution in [2.24, 2.45) is 5.73 Å². The molecule has 2 rings (SSSR count). The first-order chi connectivity index (χ1) is 9.88. The first-order valence-corrected chi connectivity index (χ1v) is 6.01. The van der Waals surface area contributed by atoms with Crippen molar-refractivity contribution in [1.29, 1.82) is 0 Å². The van der Waals surface area contributed by atoms with E-state index in [-0.39, 0.29) is 10.7 Å². The minimum atomic E-state index is -1.34. The van der Waals surface area contributed by atoms with Crippen LogP contribution in [0.1, 0.15) is 16.1 Å². The Morgan fingerprint density at radius 1 is 1.14 bits per heavy atom. The zero-order valence-electron chi connectivity index (χ0n) is 10.4. The molecule has 0 bridgehead atoms. The highest BCUT2D eigenvalue weighted by Crippen LogP contribution is 2.19. The topological polar surface area (TPSA) is 68.0 Å². The number of amides is 1. The number of pyridine rings is 1. The molecule has 3 N–H and O–H groups in total. The fraction of sp³-hybridized carbons (Fsp3) is 0. The van der Waals surface area contributed by atoms with Gasteiger partial charge in [-0.15, -0.1) is 0 Å². The fourth-order valence-electron chi connectivity index (χ4n) is 1.48. The largest absolute Gasteiger partial charge is 0.389 e. The summed E-state index contributed by atoms with van der Waals surface area (Å²) in [6, 6.07) is 3.67. The van der Waals surface area contributed by atoms with E-state index in [1.807, 2.05) is 0 Å². The molecule has 1 heterocycles. The van der Waals surface area contributed by atoms with Crippen LogP contribution in [0.3, 0.4) is 0 Å². The molecule has 0 aliphatic heterocycles. The van der Waals surface area contributed by atoms with Gasteiger partial charge in [-0.1, -0.05) is 12.2 Å². The summed E-state index contributed by atoms with van der Waals surface area (Å²) in [6.07, 6.45) is 1.28.